The first kappa shape index (κ1) is 14.5. The fraction of sp³-hybridized carbons (Fsp3) is 0.375. The summed E-state index contributed by atoms with van der Waals surface area (Å²) in [5, 5.41) is 3.32. The predicted octanol–water partition coefficient (Wildman–Crippen LogP) is 2.69. The highest BCUT2D eigenvalue weighted by molar-refractivity contribution is 5.27. The van der Waals surface area contributed by atoms with Crippen molar-refractivity contribution >= 4 is 0 Å². The standard InChI is InChI=1S/C16H21N3O/c1-12-18-11-10-16(19-12)15(17-2)9-6-13-4-7-14(20-3)8-5-13/h4-5,7-8,10-11,15,17H,6,9H2,1-3H3. The molecule has 2 rings (SSSR count). The largest absolute Gasteiger partial charge is 0.497 e. The summed E-state index contributed by atoms with van der Waals surface area (Å²) >= 11 is 0. The summed E-state index contributed by atoms with van der Waals surface area (Å²) in [6.45, 7) is 1.92. The van der Waals surface area contributed by atoms with Crippen LogP contribution in [0.1, 0.15) is 29.5 Å². The van der Waals surface area contributed by atoms with Gasteiger partial charge in [0.05, 0.1) is 12.8 Å². The Hall–Kier alpha value is -1.94. The second-order valence-electron chi connectivity index (χ2n) is 4.76. The third kappa shape index (κ3) is 3.78. The van der Waals surface area contributed by atoms with Gasteiger partial charge >= 0.3 is 0 Å². The summed E-state index contributed by atoms with van der Waals surface area (Å²) in [5.74, 6) is 1.71. The maximum atomic E-state index is 5.17. The van der Waals surface area contributed by atoms with E-state index in [9.17, 15) is 0 Å². The summed E-state index contributed by atoms with van der Waals surface area (Å²) in [6, 6.07) is 10.4. The number of aryl methyl sites for hydroxylation is 2. The highest BCUT2D eigenvalue weighted by Crippen LogP contribution is 2.18. The third-order valence-electron chi connectivity index (χ3n) is 3.38. The average molecular weight is 271 g/mol. The van der Waals surface area contributed by atoms with E-state index in [1.807, 2.05) is 38.4 Å². The van der Waals surface area contributed by atoms with Crippen molar-refractivity contribution in [3.63, 3.8) is 0 Å². The van der Waals surface area contributed by atoms with Gasteiger partial charge in [-0.3, -0.25) is 0 Å². The first-order chi connectivity index (χ1) is 9.72. The molecule has 4 heteroatoms. The fourth-order valence-electron chi connectivity index (χ4n) is 2.21. The first-order valence-electron chi connectivity index (χ1n) is 6.82. The third-order valence-corrected chi connectivity index (χ3v) is 3.38. The number of rotatable bonds is 6. The molecule has 0 aliphatic heterocycles. The number of benzene rings is 1. The molecule has 1 heterocycles. The van der Waals surface area contributed by atoms with Crippen molar-refractivity contribution in [1.29, 1.82) is 0 Å². The number of hydrogen-bond acceptors (Lipinski definition) is 4. The van der Waals surface area contributed by atoms with Gasteiger partial charge in [-0.05, 0) is 50.6 Å². The summed E-state index contributed by atoms with van der Waals surface area (Å²) in [5.41, 5.74) is 2.35. The van der Waals surface area contributed by atoms with Crippen LogP contribution in [-0.4, -0.2) is 24.1 Å². The molecule has 1 aromatic carbocycles. The van der Waals surface area contributed by atoms with Crippen molar-refractivity contribution in [2.75, 3.05) is 14.2 Å². The van der Waals surface area contributed by atoms with E-state index in [1.165, 1.54) is 5.56 Å². The number of hydrogen-bond donors (Lipinski definition) is 1. The molecule has 1 unspecified atom stereocenters. The molecule has 0 radical (unpaired) electrons. The van der Waals surface area contributed by atoms with Gasteiger partial charge in [-0.1, -0.05) is 12.1 Å². The zero-order chi connectivity index (χ0) is 14.4. The van der Waals surface area contributed by atoms with Gasteiger partial charge in [0.1, 0.15) is 11.6 Å². The minimum atomic E-state index is 0.249. The fourth-order valence-corrected chi connectivity index (χ4v) is 2.21. The van der Waals surface area contributed by atoms with Crippen LogP contribution in [0.2, 0.25) is 0 Å². The van der Waals surface area contributed by atoms with Gasteiger partial charge in [0.25, 0.3) is 0 Å². The van der Waals surface area contributed by atoms with E-state index in [1.54, 1.807) is 7.11 Å². The SMILES string of the molecule is CNC(CCc1ccc(OC)cc1)c1ccnc(C)n1. The molecule has 0 bridgehead atoms. The van der Waals surface area contributed by atoms with Crippen LogP contribution in [0.3, 0.4) is 0 Å². The molecular formula is C16H21N3O. The van der Waals surface area contributed by atoms with Gasteiger partial charge in [0.15, 0.2) is 0 Å². The summed E-state index contributed by atoms with van der Waals surface area (Å²) in [7, 11) is 3.65. The molecule has 2 aromatic rings. The molecule has 4 nitrogen and oxygen atoms in total. The van der Waals surface area contributed by atoms with Crippen LogP contribution in [0.15, 0.2) is 36.5 Å². The highest BCUT2D eigenvalue weighted by atomic mass is 16.5. The second kappa shape index (κ2) is 7.01. The quantitative estimate of drug-likeness (QED) is 0.877. The molecule has 1 N–H and O–H groups in total. The highest BCUT2D eigenvalue weighted by Gasteiger charge is 2.11. The van der Waals surface area contributed by atoms with Crippen molar-refractivity contribution in [2.24, 2.45) is 0 Å². The number of nitrogens with one attached hydrogen (secondary N) is 1. The summed E-state index contributed by atoms with van der Waals surface area (Å²) < 4.78 is 5.17. The molecule has 0 aliphatic carbocycles. The smallest absolute Gasteiger partial charge is 0.125 e. The zero-order valence-corrected chi connectivity index (χ0v) is 12.3. The number of aromatic nitrogens is 2. The van der Waals surface area contributed by atoms with Crippen molar-refractivity contribution in [2.45, 2.75) is 25.8 Å². The van der Waals surface area contributed by atoms with Crippen molar-refractivity contribution < 1.29 is 4.74 Å². The van der Waals surface area contributed by atoms with Crippen molar-refractivity contribution in [1.82, 2.24) is 15.3 Å². The van der Waals surface area contributed by atoms with E-state index < -0.39 is 0 Å². The van der Waals surface area contributed by atoms with Gasteiger partial charge < -0.3 is 10.1 Å². The number of methoxy groups -OCH3 is 1. The molecular weight excluding hydrogens is 250 g/mol. The number of ether oxygens (including phenoxy) is 1. The molecule has 20 heavy (non-hydrogen) atoms. The van der Waals surface area contributed by atoms with Crippen LogP contribution < -0.4 is 10.1 Å². The molecule has 106 valence electrons. The average Bonchev–Trinajstić information content (AvgIpc) is 2.48. The zero-order valence-electron chi connectivity index (χ0n) is 12.3. The lowest BCUT2D eigenvalue weighted by molar-refractivity contribution is 0.414. The van der Waals surface area contributed by atoms with Crippen LogP contribution >= 0.6 is 0 Å². The summed E-state index contributed by atoms with van der Waals surface area (Å²) in [4.78, 5) is 8.63. The normalized spacial score (nSPS) is 12.2. The van der Waals surface area contributed by atoms with Gasteiger partial charge in [-0.25, -0.2) is 9.97 Å². The molecule has 0 amide bonds. The Morgan fingerprint density at radius 2 is 1.95 bits per heavy atom. The van der Waals surface area contributed by atoms with E-state index in [0.717, 1.165) is 30.1 Å². The van der Waals surface area contributed by atoms with Gasteiger partial charge in [-0.15, -0.1) is 0 Å². The van der Waals surface area contributed by atoms with Crippen LogP contribution in [0, 0.1) is 6.92 Å². The topological polar surface area (TPSA) is 47.0 Å². The molecule has 0 saturated heterocycles. The Morgan fingerprint density at radius 1 is 1.20 bits per heavy atom. The van der Waals surface area contributed by atoms with Gasteiger partial charge in [-0.2, -0.15) is 0 Å². The Balaban J connectivity index is 1.99. The monoisotopic (exact) mass is 271 g/mol. The molecule has 1 aromatic heterocycles. The molecule has 0 spiro atoms. The van der Waals surface area contributed by atoms with E-state index in [2.05, 4.69) is 27.4 Å². The molecule has 0 aliphatic rings. The van der Waals surface area contributed by atoms with Crippen LogP contribution in [0.4, 0.5) is 0 Å². The lowest BCUT2D eigenvalue weighted by Gasteiger charge is -2.16. The lowest BCUT2D eigenvalue weighted by atomic mass is 10.0. The molecule has 0 saturated carbocycles. The minimum Gasteiger partial charge on any atom is -0.497 e. The van der Waals surface area contributed by atoms with E-state index in [-0.39, 0.29) is 6.04 Å². The Morgan fingerprint density at radius 3 is 2.55 bits per heavy atom. The molecule has 0 fully saturated rings. The Kier molecular flexibility index (Phi) is 5.07. The maximum Gasteiger partial charge on any atom is 0.125 e. The summed E-state index contributed by atoms with van der Waals surface area (Å²) in [6.07, 6.45) is 3.81. The molecule has 1 atom stereocenters. The minimum absolute atomic E-state index is 0.249. The Labute approximate surface area is 120 Å². The van der Waals surface area contributed by atoms with E-state index >= 15 is 0 Å². The van der Waals surface area contributed by atoms with Crippen LogP contribution in [0.5, 0.6) is 5.75 Å². The van der Waals surface area contributed by atoms with E-state index in [0.29, 0.717) is 0 Å². The van der Waals surface area contributed by atoms with Crippen LogP contribution in [0.25, 0.3) is 0 Å². The second-order valence-corrected chi connectivity index (χ2v) is 4.76. The number of nitrogens with zero attached hydrogens (tertiary/aromatic N) is 2. The van der Waals surface area contributed by atoms with Gasteiger partial charge in [0, 0.05) is 12.2 Å². The predicted molar refractivity (Wildman–Crippen MR) is 79.9 cm³/mol. The lowest BCUT2D eigenvalue weighted by Crippen LogP contribution is -2.19. The Bertz CT molecular complexity index is 540. The first-order valence-corrected chi connectivity index (χ1v) is 6.82. The van der Waals surface area contributed by atoms with E-state index in [4.69, 9.17) is 4.74 Å². The maximum absolute atomic E-state index is 5.17. The van der Waals surface area contributed by atoms with Gasteiger partial charge in [0.2, 0.25) is 0 Å². The van der Waals surface area contributed by atoms with Crippen LogP contribution in [-0.2, 0) is 6.42 Å². The van der Waals surface area contributed by atoms with Crippen molar-refractivity contribution in [3.05, 3.63) is 53.6 Å². The van der Waals surface area contributed by atoms with Crippen molar-refractivity contribution in [3.8, 4) is 5.75 Å².